The van der Waals surface area contributed by atoms with Crippen molar-refractivity contribution in [2.75, 3.05) is 13.6 Å². The standard InChI is InChI=1S/C15H17NOS/c1-3-4-7-10-16(2)15(17)14-11-12-8-5-6-9-13(12)18-14/h3,5-6,8-9,11H,1,4,7,10H2,2H3. The maximum Gasteiger partial charge on any atom is 0.263 e. The van der Waals surface area contributed by atoms with Gasteiger partial charge in [-0.3, -0.25) is 4.79 Å². The van der Waals surface area contributed by atoms with Crippen LogP contribution in [-0.2, 0) is 0 Å². The first-order chi connectivity index (χ1) is 8.72. The van der Waals surface area contributed by atoms with Crippen molar-refractivity contribution in [3.8, 4) is 0 Å². The summed E-state index contributed by atoms with van der Waals surface area (Å²) in [5.74, 6) is 0.111. The number of rotatable bonds is 5. The van der Waals surface area contributed by atoms with Gasteiger partial charge in [0.15, 0.2) is 0 Å². The lowest BCUT2D eigenvalue weighted by atomic mass is 10.2. The lowest BCUT2D eigenvalue weighted by Gasteiger charge is -2.15. The van der Waals surface area contributed by atoms with Gasteiger partial charge in [0.05, 0.1) is 4.88 Å². The van der Waals surface area contributed by atoms with Gasteiger partial charge in [0.25, 0.3) is 5.91 Å². The molecule has 0 N–H and O–H groups in total. The van der Waals surface area contributed by atoms with Crippen LogP contribution < -0.4 is 0 Å². The number of unbranched alkanes of at least 4 members (excludes halogenated alkanes) is 1. The van der Waals surface area contributed by atoms with Crippen molar-refractivity contribution in [2.45, 2.75) is 12.8 Å². The van der Waals surface area contributed by atoms with Crippen molar-refractivity contribution in [1.29, 1.82) is 0 Å². The molecule has 0 unspecified atom stereocenters. The highest BCUT2D eigenvalue weighted by Crippen LogP contribution is 2.26. The molecule has 0 radical (unpaired) electrons. The molecule has 0 fully saturated rings. The number of amides is 1. The van der Waals surface area contributed by atoms with E-state index in [0.717, 1.165) is 29.6 Å². The van der Waals surface area contributed by atoms with Gasteiger partial charge in [0.1, 0.15) is 0 Å². The molecule has 18 heavy (non-hydrogen) atoms. The van der Waals surface area contributed by atoms with Crippen LogP contribution in [-0.4, -0.2) is 24.4 Å². The van der Waals surface area contributed by atoms with E-state index >= 15 is 0 Å². The van der Waals surface area contributed by atoms with E-state index in [2.05, 4.69) is 12.6 Å². The number of thiophene rings is 1. The number of hydrogen-bond acceptors (Lipinski definition) is 2. The lowest BCUT2D eigenvalue weighted by molar-refractivity contribution is 0.0798. The second kappa shape index (κ2) is 5.83. The van der Waals surface area contributed by atoms with Crippen LogP contribution in [0.15, 0.2) is 43.0 Å². The monoisotopic (exact) mass is 259 g/mol. The number of nitrogens with zero attached hydrogens (tertiary/aromatic N) is 1. The lowest BCUT2D eigenvalue weighted by Crippen LogP contribution is -2.26. The van der Waals surface area contributed by atoms with E-state index in [4.69, 9.17) is 0 Å². The maximum atomic E-state index is 12.2. The molecule has 0 spiro atoms. The summed E-state index contributed by atoms with van der Waals surface area (Å²) in [4.78, 5) is 14.8. The molecule has 1 heterocycles. The summed E-state index contributed by atoms with van der Waals surface area (Å²) in [7, 11) is 1.86. The molecule has 1 amide bonds. The number of allylic oxidation sites excluding steroid dienone is 1. The minimum absolute atomic E-state index is 0.111. The van der Waals surface area contributed by atoms with Crippen molar-refractivity contribution in [3.05, 3.63) is 47.9 Å². The van der Waals surface area contributed by atoms with E-state index in [1.165, 1.54) is 4.70 Å². The first-order valence-corrected chi connectivity index (χ1v) is 6.89. The van der Waals surface area contributed by atoms with Crippen LogP contribution in [0.2, 0.25) is 0 Å². The highest BCUT2D eigenvalue weighted by molar-refractivity contribution is 7.20. The maximum absolute atomic E-state index is 12.2. The molecule has 3 heteroatoms. The predicted molar refractivity (Wildman–Crippen MR) is 78.2 cm³/mol. The average Bonchev–Trinajstić information content (AvgIpc) is 2.81. The van der Waals surface area contributed by atoms with Crippen LogP contribution in [0.1, 0.15) is 22.5 Å². The normalized spacial score (nSPS) is 10.5. The zero-order chi connectivity index (χ0) is 13.0. The second-order valence-corrected chi connectivity index (χ2v) is 5.39. The van der Waals surface area contributed by atoms with Gasteiger partial charge in [0.2, 0.25) is 0 Å². The summed E-state index contributed by atoms with van der Waals surface area (Å²) >= 11 is 1.56. The Morgan fingerprint density at radius 2 is 2.22 bits per heavy atom. The number of fused-ring (bicyclic) bond motifs is 1. The highest BCUT2D eigenvalue weighted by Gasteiger charge is 2.14. The molecule has 2 rings (SSSR count). The Bertz CT molecular complexity index is 525. The Labute approximate surface area is 112 Å². The molecule has 0 aliphatic heterocycles. The van der Waals surface area contributed by atoms with Crippen molar-refractivity contribution in [1.82, 2.24) is 4.90 Å². The highest BCUT2D eigenvalue weighted by atomic mass is 32.1. The first kappa shape index (κ1) is 12.8. The third kappa shape index (κ3) is 2.79. The molecule has 0 aliphatic rings. The predicted octanol–water partition coefficient (Wildman–Crippen LogP) is 3.94. The summed E-state index contributed by atoms with van der Waals surface area (Å²) < 4.78 is 1.17. The summed E-state index contributed by atoms with van der Waals surface area (Å²) in [5, 5.41) is 1.14. The molecule has 2 aromatic rings. The fourth-order valence-corrected chi connectivity index (χ4v) is 2.91. The number of carbonyl (C=O) groups is 1. The smallest absolute Gasteiger partial charge is 0.263 e. The summed E-state index contributed by atoms with van der Waals surface area (Å²) in [6.45, 7) is 4.46. The molecule has 2 nitrogen and oxygen atoms in total. The third-order valence-corrected chi connectivity index (χ3v) is 3.99. The van der Waals surface area contributed by atoms with Crippen molar-refractivity contribution in [2.24, 2.45) is 0 Å². The van der Waals surface area contributed by atoms with Gasteiger partial charge >= 0.3 is 0 Å². The SMILES string of the molecule is C=CCCCN(C)C(=O)c1cc2ccccc2s1. The Hall–Kier alpha value is -1.61. The Morgan fingerprint density at radius 1 is 1.44 bits per heavy atom. The summed E-state index contributed by atoms with van der Waals surface area (Å²) in [6, 6.07) is 10.1. The molecule has 0 saturated heterocycles. The van der Waals surface area contributed by atoms with Crippen molar-refractivity contribution in [3.63, 3.8) is 0 Å². The van der Waals surface area contributed by atoms with E-state index in [1.54, 1.807) is 16.2 Å². The quantitative estimate of drug-likeness (QED) is 0.588. The van der Waals surface area contributed by atoms with Crippen LogP contribution >= 0.6 is 11.3 Å². The molecule has 1 aromatic carbocycles. The van der Waals surface area contributed by atoms with Crippen LogP contribution in [0.25, 0.3) is 10.1 Å². The van der Waals surface area contributed by atoms with Gasteiger partial charge < -0.3 is 4.90 Å². The Morgan fingerprint density at radius 3 is 2.94 bits per heavy atom. The van der Waals surface area contributed by atoms with E-state index in [0.29, 0.717) is 0 Å². The second-order valence-electron chi connectivity index (χ2n) is 4.31. The van der Waals surface area contributed by atoms with E-state index in [-0.39, 0.29) is 5.91 Å². The van der Waals surface area contributed by atoms with Crippen LogP contribution in [0.5, 0.6) is 0 Å². The molecule has 1 aromatic heterocycles. The number of hydrogen-bond donors (Lipinski definition) is 0. The number of benzene rings is 1. The Balaban J connectivity index is 2.10. The molecule has 0 aliphatic carbocycles. The summed E-state index contributed by atoms with van der Waals surface area (Å²) in [5.41, 5.74) is 0. The molecule has 0 saturated carbocycles. The van der Waals surface area contributed by atoms with Gasteiger partial charge in [-0.2, -0.15) is 0 Å². The van der Waals surface area contributed by atoms with Crippen LogP contribution in [0.4, 0.5) is 0 Å². The van der Waals surface area contributed by atoms with Gasteiger partial charge in [-0.15, -0.1) is 17.9 Å². The molecule has 0 atom stereocenters. The van der Waals surface area contributed by atoms with Crippen LogP contribution in [0, 0.1) is 0 Å². The third-order valence-electron chi connectivity index (χ3n) is 2.88. The fraction of sp³-hybridized carbons (Fsp3) is 0.267. The average molecular weight is 259 g/mol. The topological polar surface area (TPSA) is 20.3 Å². The van der Waals surface area contributed by atoms with Crippen LogP contribution in [0.3, 0.4) is 0 Å². The minimum Gasteiger partial charge on any atom is -0.341 e. The van der Waals surface area contributed by atoms with Crippen molar-refractivity contribution < 1.29 is 4.79 Å². The largest absolute Gasteiger partial charge is 0.341 e. The van der Waals surface area contributed by atoms with E-state index in [9.17, 15) is 4.79 Å². The summed E-state index contributed by atoms with van der Waals surface area (Å²) in [6.07, 6.45) is 3.80. The Kier molecular flexibility index (Phi) is 4.15. The van der Waals surface area contributed by atoms with E-state index in [1.807, 2.05) is 37.4 Å². The zero-order valence-electron chi connectivity index (χ0n) is 10.6. The zero-order valence-corrected chi connectivity index (χ0v) is 11.4. The first-order valence-electron chi connectivity index (χ1n) is 6.07. The van der Waals surface area contributed by atoms with Gasteiger partial charge in [-0.1, -0.05) is 24.3 Å². The molecule has 0 bridgehead atoms. The molecular weight excluding hydrogens is 242 g/mol. The van der Waals surface area contributed by atoms with Gasteiger partial charge in [0, 0.05) is 18.3 Å². The molecular formula is C15H17NOS. The number of carbonyl (C=O) groups excluding carboxylic acids is 1. The van der Waals surface area contributed by atoms with Crippen molar-refractivity contribution >= 4 is 27.3 Å². The minimum atomic E-state index is 0.111. The fourth-order valence-electron chi connectivity index (χ4n) is 1.85. The van der Waals surface area contributed by atoms with Gasteiger partial charge in [-0.05, 0) is 30.4 Å². The van der Waals surface area contributed by atoms with Gasteiger partial charge in [-0.25, -0.2) is 0 Å². The van der Waals surface area contributed by atoms with E-state index < -0.39 is 0 Å². The molecule has 94 valence electrons.